The second-order valence-electron chi connectivity index (χ2n) is 8.37. The van der Waals surface area contributed by atoms with Crippen LogP contribution in [0.3, 0.4) is 0 Å². The number of hydrogen-bond acceptors (Lipinski definition) is 4. The van der Waals surface area contributed by atoms with Crippen molar-refractivity contribution in [3.63, 3.8) is 0 Å². The van der Waals surface area contributed by atoms with Crippen molar-refractivity contribution in [2.75, 3.05) is 22.1 Å². The van der Waals surface area contributed by atoms with E-state index in [1.165, 1.54) is 4.90 Å². The van der Waals surface area contributed by atoms with Gasteiger partial charge in [-0.1, -0.05) is 12.1 Å². The first-order valence-electron chi connectivity index (χ1n) is 11.1. The largest absolute Gasteiger partial charge is 0.323 e. The van der Waals surface area contributed by atoms with Crippen LogP contribution in [0.4, 0.5) is 17.1 Å². The molecule has 8 nitrogen and oxygen atoms in total. The fourth-order valence-electron chi connectivity index (χ4n) is 4.11. The highest BCUT2D eigenvalue weighted by molar-refractivity contribution is 6.15. The van der Waals surface area contributed by atoms with E-state index in [2.05, 4.69) is 15.7 Å². The van der Waals surface area contributed by atoms with Gasteiger partial charge < -0.3 is 10.6 Å². The first kappa shape index (κ1) is 22.1. The number of benzene rings is 3. The fourth-order valence-corrected chi connectivity index (χ4v) is 4.11. The molecule has 35 heavy (non-hydrogen) atoms. The van der Waals surface area contributed by atoms with Crippen molar-refractivity contribution in [3.05, 3.63) is 101 Å². The van der Waals surface area contributed by atoms with Gasteiger partial charge in [-0.05, 0) is 80.6 Å². The van der Waals surface area contributed by atoms with E-state index >= 15 is 0 Å². The van der Waals surface area contributed by atoms with Crippen molar-refractivity contribution in [2.24, 2.45) is 0 Å². The highest BCUT2D eigenvalue weighted by atomic mass is 16.2. The maximum atomic E-state index is 13.1. The molecule has 4 aromatic rings. The number of carbonyl (C=O) groups is 3. The standard InChI is InChI=1S/C27H23N5O3/c1-17-15-18(2)32(30-17)22-13-9-19(10-14-22)26(34)28-21-11-7-20(8-12-21)27(35)31-16-25(33)29-23-5-3-4-6-24(23)31/h3-15H,16H2,1-2H3,(H,28,34)(H,29,33). The van der Waals surface area contributed by atoms with Crippen LogP contribution in [0.25, 0.3) is 5.69 Å². The zero-order valence-electron chi connectivity index (χ0n) is 19.3. The summed E-state index contributed by atoms with van der Waals surface area (Å²) in [5.74, 6) is -0.791. The monoisotopic (exact) mass is 465 g/mol. The second-order valence-corrected chi connectivity index (χ2v) is 8.37. The molecular weight excluding hydrogens is 442 g/mol. The molecule has 2 N–H and O–H groups in total. The number of nitrogens with zero attached hydrogens (tertiary/aromatic N) is 3. The van der Waals surface area contributed by atoms with Gasteiger partial charge in [-0.2, -0.15) is 5.10 Å². The molecule has 0 atom stereocenters. The average Bonchev–Trinajstić information content (AvgIpc) is 3.21. The Morgan fingerprint density at radius 3 is 2.29 bits per heavy atom. The molecule has 0 radical (unpaired) electrons. The average molecular weight is 466 g/mol. The van der Waals surface area contributed by atoms with Crippen LogP contribution in [0.1, 0.15) is 32.1 Å². The molecule has 5 rings (SSSR count). The minimum Gasteiger partial charge on any atom is -0.323 e. The number of aromatic nitrogens is 2. The first-order chi connectivity index (χ1) is 16.9. The van der Waals surface area contributed by atoms with Gasteiger partial charge in [0.05, 0.1) is 22.8 Å². The maximum Gasteiger partial charge on any atom is 0.258 e. The van der Waals surface area contributed by atoms with E-state index in [0.717, 1.165) is 17.1 Å². The fraction of sp³-hybridized carbons (Fsp3) is 0.111. The van der Waals surface area contributed by atoms with Gasteiger partial charge in [-0.3, -0.25) is 19.3 Å². The van der Waals surface area contributed by atoms with Crippen molar-refractivity contribution >= 4 is 34.8 Å². The quantitative estimate of drug-likeness (QED) is 0.469. The maximum absolute atomic E-state index is 13.1. The molecule has 0 spiro atoms. The summed E-state index contributed by atoms with van der Waals surface area (Å²) in [6, 6.07) is 23.0. The molecule has 0 aliphatic carbocycles. The van der Waals surface area contributed by atoms with E-state index in [4.69, 9.17) is 0 Å². The molecule has 174 valence electrons. The highest BCUT2D eigenvalue weighted by Crippen LogP contribution is 2.30. The molecule has 3 aromatic carbocycles. The Hall–Kier alpha value is -4.72. The van der Waals surface area contributed by atoms with Crippen LogP contribution < -0.4 is 15.5 Å². The smallest absolute Gasteiger partial charge is 0.258 e. The lowest BCUT2D eigenvalue weighted by molar-refractivity contribution is -0.115. The van der Waals surface area contributed by atoms with Crippen LogP contribution in [0.2, 0.25) is 0 Å². The van der Waals surface area contributed by atoms with Gasteiger partial charge in [-0.25, -0.2) is 4.68 Å². The van der Waals surface area contributed by atoms with Gasteiger partial charge in [0.25, 0.3) is 11.8 Å². The predicted octanol–water partition coefficient (Wildman–Crippen LogP) is 4.34. The van der Waals surface area contributed by atoms with E-state index < -0.39 is 0 Å². The van der Waals surface area contributed by atoms with Crippen LogP contribution in [-0.4, -0.2) is 34.0 Å². The first-order valence-corrected chi connectivity index (χ1v) is 11.1. The third-order valence-electron chi connectivity index (χ3n) is 5.79. The zero-order chi connectivity index (χ0) is 24.5. The van der Waals surface area contributed by atoms with Crippen LogP contribution >= 0.6 is 0 Å². The SMILES string of the molecule is Cc1cc(C)n(-c2ccc(C(=O)Nc3ccc(C(=O)N4CC(=O)Nc5ccccc54)cc3)cc2)n1. The van der Waals surface area contributed by atoms with Crippen molar-refractivity contribution < 1.29 is 14.4 Å². The lowest BCUT2D eigenvalue weighted by Crippen LogP contribution is -2.42. The molecule has 3 amide bonds. The highest BCUT2D eigenvalue weighted by Gasteiger charge is 2.27. The lowest BCUT2D eigenvalue weighted by Gasteiger charge is -2.29. The van der Waals surface area contributed by atoms with Gasteiger partial charge >= 0.3 is 0 Å². The van der Waals surface area contributed by atoms with Crippen molar-refractivity contribution in [2.45, 2.75) is 13.8 Å². The summed E-state index contributed by atoms with van der Waals surface area (Å²) in [5, 5.41) is 10.1. The normalized spacial score (nSPS) is 12.6. The second kappa shape index (κ2) is 8.90. The van der Waals surface area contributed by atoms with Gasteiger partial charge in [0, 0.05) is 22.5 Å². The molecule has 0 saturated heterocycles. The number of aryl methyl sites for hydroxylation is 2. The van der Waals surface area contributed by atoms with Crippen molar-refractivity contribution in [1.29, 1.82) is 0 Å². The zero-order valence-corrected chi connectivity index (χ0v) is 19.3. The number of fused-ring (bicyclic) bond motifs is 1. The molecule has 0 saturated carbocycles. The number of carbonyl (C=O) groups excluding carboxylic acids is 3. The third-order valence-corrected chi connectivity index (χ3v) is 5.79. The Bertz CT molecular complexity index is 1440. The van der Waals surface area contributed by atoms with Crippen LogP contribution in [0.15, 0.2) is 78.9 Å². The molecule has 1 aliphatic rings. The topological polar surface area (TPSA) is 96.3 Å². The summed E-state index contributed by atoms with van der Waals surface area (Å²) < 4.78 is 1.83. The number of anilines is 3. The Morgan fingerprint density at radius 1 is 0.914 bits per heavy atom. The number of nitrogens with one attached hydrogen (secondary N) is 2. The number of para-hydroxylation sites is 2. The summed E-state index contributed by atoms with van der Waals surface area (Å²) in [6.45, 7) is 3.86. The Kier molecular flexibility index (Phi) is 5.62. The summed E-state index contributed by atoms with van der Waals surface area (Å²) in [6.07, 6.45) is 0. The van der Waals surface area contributed by atoms with E-state index in [9.17, 15) is 14.4 Å². The molecular formula is C27H23N5O3. The summed E-state index contributed by atoms with van der Waals surface area (Å²) in [7, 11) is 0. The minimum absolute atomic E-state index is 0.0536. The Balaban J connectivity index is 1.28. The summed E-state index contributed by atoms with van der Waals surface area (Å²) in [4.78, 5) is 39.3. The van der Waals surface area contributed by atoms with Crippen LogP contribution in [-0.2, 0) is 4.79 Å². The minimum atomic E-state index is -0.287. The van der Waals surface area contributed by atoms with Gasteiger partial charge in [0.2, 0.25) is 5.91 Å². The van der Waals surface area contributed by atoms with Crippen LogP contribution in [0.5, 0.6) is 0 Å². The Morgan fingerprint density at radius 2 is 1.60 bits per heavy atom. The number of rotatable bonds is 4. The summed E-state index contributed by atoms with van der Waals surface area (Å²) in [5.41, 5.74) is 5.56. The van der Waals surface area contributed by atoms with Gasteiger partial charge in [0.1, 0.15) is 6.54 Å². The number of amides is 3. The van der Waals surface area contributed by atoms with Gasteiger partial charge in [0.15, 0.2) is 0 Å². The Labute approximate surface area is 202 Å². The molecule has 1 aromatic heterocycles. The van der Waals surface area contributed by atoms with Crippen molar-refractivity contribution in [1.82, 2.24) is 9.78 Å². The van der Waals surface area contributed by atoms with E-state index in [1.54, 1.807) is 54.6 Å². The van der Waals surface area contributed by atoms with E-state index in [0.29, 0.717) is 28.2 Å². The van der Waals surface area contributed by atoms with Crippen LogP contribution in [0, 0.1) is 13.8 Å². The molecule has 8 heteroatoms. The molecule has 1 aliphatic heterocycles. The van der Waals surface area contributed by atoms with Gasteiger partial charge in [-0.15, -0.1) is 0 Å². The molecule has 0 unspecified atom stereocenters. The molecule has 0 bridgehead atoms. The van der Waals surface area contributed by atoms with Crippen molar-refractivity contribution in [3.8, 4) is 5.69 Å². The predicted molar refractivity (Wildman–Crippen MR) is 134 cm³/mol. The lowest BCUT2D eigenvalue weighted by atomic mass is 10.1. The molecule has 2 heterocycles. The van der Waals surface area contributed by atoms with E-state index in [-0.39, 0.29) is 24.3 Å². The number of hydrogen-bond donors (Lipinski definition) is 2. The van der Waals surface area contributed by atoms with E-state index in [1.807, 2.05) is 42.8 Å². The summed E-state index contributed by atoms with van der Waals surface area (Å²) >= 11 is 0. The molecule has 0 fully saturated rings. The third kappa shape index (κ3) is 4.41.